The van der Waals surface area contributed by atoms with Crippen molar-refractivity contribution in [2.75, 3.05) is 31.2 Å². The minimum absolute atomic E-state index is 0.243. The molecule has 1 saturated carbocycles. The second-order valence-corrected chi connectivity index (χ2v) is 10.5. The molecule has 2 fully saturated rings. The fourth-order valence-corrected chi connectivity index (χ4v) is 5.79. The lowest BCUT2D eigenvalue weighted by Crippen LogP contribution is -2.37. The van der Waals surface area contributed by atoms with Crippen LogP contribution in [-0.4, -0.2) is 52.1 Å². The average molecular weight is 517 g/mol. The maximum Gasteiger partial charge on any atom is 0.416 e. The van der Waals surface area contributed by atoms with Crippen molar-refractivity contribution in [1.29, 1.82) is 0 Å². The number of anilines is 1. The fraction of sp³-hybridized carbons (Fsp3) is 0.571. The second kappa shape index (κ2) is 10.6. The van der Waals surface area contributed by atoms with Crippen molar-refractivity contribution >= 4 is 11.5 Å². The molecule has 3 heterocycles. The minimum atomic E-state index is -4.40. The number of ether oxygens (including phenoxy) is 1. The molecule has 3 aromatic rings. The highest BCUT2D eigenvalue weighted by atomic mass is 19.4. The first kappa shape index (κ1) is 26.0. The van der Waals surface area contributed by atoms with Crippen LogP contribution >= 0.6 is 0 Å². The molecule has 2 atom stereocenters. The highest BCUT2D eigenvalue weighted by Crippen LogP contribution is 2.34. The number of nitrogens with zero attached hydrogens (tertiary/aromatic N) is 4. The number of aromatic nitrogens is 3. The van der Waals surface area contributed by atoms with E-state index in [0.29, 0.717) is 37.5 Å². The van der Waals surface area contributed by atoms with Crippen molar-refractivity contribution < 1.29 is 23.0 Å². The number of hydrogen-bond acceptors (Lipinski definition) is 5. The standard InChI is InChI=1S/C28H35F3N4O2/c1-18-15-26(34-11-13-37-14-12-34)33-35-25(17-21-6-4-8-23(19(21)2)28(29,30)31)24(32-27(18)35)10-9-20-5-3-7-22(36)16-20/h4,6,8,15,20,22,36H,3,5,7,9-14,16-17H2,1-2H3. The molecule has 5 rings (SSSR count). The Balaban J connectivity index is 1.54. The maximum absolute atomic E-state index is 13.6. The van der Waals surface area contributed by atoms with Crippen LogP contribution in [0.3, 0.4) is 0 Å². The van der Waals surface area contributed by atoms with Gasteiger partial charge in [-0.1, -0.05) is 25.0 Å². The molecule has 1 saturated heterocycles. The number of aliphatic hydroxyl groups is 1. The van der Waals surface area contributed by atoms with Crippen molar-refractivity contribution in [3.8, 4) is 0 Å². The van der Waals surface area contributed by atoms with Crippen molar-refractivity contribution in [3.05, 3.63) is 57.9 Å². The Morgan fingerprint density at radius 1 is 1.14 bits per heavy atom. The first-order chi connectivity index (χ1) is 17.7. The lowest BCUT2D eigenvalue weighted by molar-refractivity contribution is -0.138. The molecule has 2 aromatic heterocycles. The maximum atomic E-state index is 13.6. The van der Waals surface area contributed by atoms with Gasteiger partial charge in [0.1, 0.15) is 5.82 Å². The van der Waals surface area contributed by atoms with Gasteiger partial charge in [0.25, 0.3) is 0 Å². The number of hydrogen-bond donors (Lipinski definition) is 1. The number of morpholine rings is 1. The zero-order valence-electron chi connectivity index (χ0n) is 21.5. The molecule has 1 aliphatic carbocycles. The van der Waals surface area contributed by atoms with Crippen LogP contribution in [0.4, 0.5) is 19.0 Å². The molecule has 0 bridgehead atoms. The summed E-state index contributed by atoms with van der Waals surface area (Å²) in [6, 6.07) is 6.43. The largest absolute Gasteiger partial charge is 0.416 e. The topological polar surface area (TPSA) is 62.9 Å². The average Bonchev–Trinajstić information content (AvgIpc) is 3.21. The van der Waals surface area contributed by atoms with E-state index in [1.807, 2.05) is 17.5 Å². The van der Waals surface area contributed by atoms with Crippen molar-refractivity contribution in [3.63, 3.8) is 0 Å². The first-order valence-corrected chi connectivity index (χ1v) is 13.2. The van der Waals surface area contributed by atoms with E-state index in [2.05, 4.69) is 4.90 Å². The number of aryl methyl sites for hydroxylation is 2. The predicted octanol–water partition coefficient (Wildman–Crippen LogP) is 5.28. The van der Waals surface area contributed by atoms with Gasteiger partial charge in [-0.25, -0.2) is 9.50 Å². The van der Waals surface area contributed by atoms with Crippen LogP contribution in [0.15, 0.2) is 24.3 Å². The summed E-state index contributed by atoms with van der Waals surface area (Å²) >= 11 is 0. The summed E-state index contributed by atoms with van der Waals surface area (Å²) in [6.07, 6.45) is 1.05. The second-order valence-electron chi connectivity index (χ2n) is 10.5. The summed E-state index contributed by atoms with van der Waals surface area (Å²) in [5, 5.41) is 15.1. The number of rotatable bonds is 6. The van der Waals surface area contributed by atoms with Crippen LogP contribution in [0.2, 0.25) is 0 Å². The monoisotopic (exact) mass is 516 g/mol. The van der Waals surface area contributed by atoms with E-state index in [0.717, 1.165) is 79.7 Å². The molecule has 1 aliphatic heterocycles. The molecule has 9 heteroatoms. The Morgan fingerprint density at radius 3 is 2.65 bits per heavy atom. The lowest BCUT2D eigenvalue weighted by atomic mass is 9.84. The van der Waals surface area contributed by atoms with E-state index in [1.54, 1.807) is 13.0 Å². The van der Waals surface area contributed by atoms with Gasteiger partial charge in [-0.3, -0.25) is 0 Å². The number of benzene rings is 1. The molecule has 0 spiro atoms. The van der Waals surface area contributed by atoms with Gasteiger partial charge in [0.2, 0.25) is 0 Å². The van der Waals surface area contributed by atoms with Crippen molar-refractivity contribution in [2.24, 2.45) is 5.92 Å². The Hall–Kier alpha value is -2.65. The summed E-state index contributed by atoms with van der Waals surface area (Å²) in [6.45, 7) is 6.31. The third kappa shape index (κ3) is 5.62. The van der Waals surface area contributed by atoms with Crippen LogP contribution in [0, 0.1) is 19.8 Å². The van der Waals surface area contributed by atoms with Crippen LogP contribution in [-0.2, 0) is 23.8 Å². The van der Waals surface area contributed by atoms with E-state index < -0.39 is 11.7 Å². The van der Waals surface area contributed by atoms with Gasteiger partial charge >= 0.3 is 6.18 Å². The Morgan fingerprint density at radius 2 is 1.92 bits per heavy atom. The summed E-state index contributed by atoms with van der Waals surface area (Å²) in [4.78, 5) is 7.15. The van der Waals surface area contributed by atoms with Crippen molar-refractivity contribution in [1.82, 2.24) is 14.6 Å². The van der Waals surface area contributed by atoms with E-state index in [9.17, 15) is 18.3 Å². The zero-order valence-corrected chi connectivity index (χ0v) is 21.5. The summed E-state index contributed by atoms with van der Waals surface area (Å²) < 4.78 is 48.3. The molecule has 0 radical (unpaired) electrons. The zero-order chi connectivity index (χ0) is 26.2. The summed E-state index contributed by atoms with van der Waals surface area (Å²) in [7, 11) is 0. The van der Waals surface area contributed by atoms with E-state index in [1.165, 1.54) is 6.07 Å². The number of halogens is 3. The van der Waals surface area contributed by atoms with E-state index in [-0.39, 0.29) is 11.7 Å². The molecule has 6 nitrogen and oxygen atoms in total. The molecule has 2 aliphatic rings. The molecular weight excluding hydrogens is 481 g/mol. The molecular formula is C28H35F3N4O2. The number of imidazole rings is 1. The smallest absolute Gasteiger partial charge is 0.393 e. The Labute approximate surface area is 215 Å². The quantitative estimate of drug-likeness (QED) is 0.483. The van der Waals surface area contributed by atoms with Gasteiger partial charge in [-0.2, -0.15) is 13.2 Å². The third-order valence-electron chi connectivity index (χ3n) is 7.92. The van der Waals surface area contributed by atoms with E-state index in [4.69, 9.17) is 14.8 Å². The molecule has 1 aromatic carbocycles. The summed E-state index contributed by atoms with van der Waals surface area (Å²) in [5.74, 6) is 1.25. The van der Waals surface area contributed by atoms with Gasteiger partial charge in [0.15, 0.2) is 5.65 Å². The Kier molecular flexibility index (Phi) is 7.45. The normalized spacial score (nSPS) is 21.1. The van der Waals surface area contributed by atoms with Crippen molar-refractivity contribution in [2.45, 2.75) is 71.1 Å². The highest BCUT2D eigenvalue weighted by molar-refractivity contribution is 5.56. The van der Waals surface area contributed by atoms with E-state index >= 15 is 0 Å². The third-order valence-corrected chi connectivity index (χ3v) is 7.92. The SMILES string of the molecule is Cc1c(Cc2c(CCC3CCCC(O)C3)nc3c(C)cc(N4CCOCC4)nn23)cccc1C(F)(F)F. The van der Waals surface area contributed by atoms with Crippen LogP contribution < -0.4 is 4.90 Å². The predicted molar refractivity (Wildman–Crippen MR) is 136 cm³/mol. The number of alkyl halides is 3. The van der Waals surface area contributed by atoms with Gasteiger partial charge < -0.3 is 14.7 Å². The lowest BCUT2D eigenvalue weighted by Gasteiger charge is -2.28. The molecule has 1 N–H and O–H groups in total. The molecule has 2 unspecified atom stereocenters. The Bertz CT molecular complexity index is 1250. The van der Waals surface area contributed by atoms with Crippen LogP contribution in [0.25, 0.3) is 5.65 Å². The van der Waals surface area contributed by atoms with Crippen LogP contribution in [0.1, 0.15) is 65.7 Å². The molecule has 0 amide bonds. The fourth-order valence-electron chi connectivity index (χ4n) is 5.79. The highest BCUT2D eigenvalue weighted by Gasteiger charge is 2.33. The first-order valence-electron chi connectivity index (χ1n) is 13.2. The van der Waals surface area contributed by atoms with Crippen LogP contribution in [0.5, 0.6) is 0 Å². The molecule has 200 valence electrons. The molecule has 37 heavy (non-hydrogen) atoms. The number of fused-ring (bicyclic) bond motifs is 1. The van der Waals surface area contributed by atoms with Gasteiger partial charge in [-0.05, 0) is 74.3 Å². The van der Waals surface area contributed by atoms with Gasteiger partial charge in [0.05, 0.1) is 36.3 Å². The number of aliphatic hydroxyl groups excluding tert-OH is 1. The summed E-state index contributed by atoms with van der Waals surface area (Å²) in [5.41, 5.74) is 3.72. The van der Waals surface area contributed by atoms with Gasteiger partial charge in [-0.15, -0.1) is 5.10 Å². The minimum Gasteiger partial charge on any atom is -0.393 e. The van der Waals surface area contributed by atoms with Gasteiger partial charge in [0, 0.05) is 19.5 Å².